The highest BCUT2D eigenvalue weighted by Crippen LogP contribution is 1.99. The Morgan fingerprint density at radius 2 is 2.12 bits per heavy atom. The molecule has 0 aliphatic heterocycles. The topological polar surface area (TPSA) is 60.5 Å². The van der Waals surface area contributed by atoms with Gasteiger partial charge in [-0.3, -0.25) is 9.78 Å². The van der Waals surface area contributed by atoms with Gasteiger partial charge in [-0.25, -0.2) is 0 Å². The number of aromatic nitrogens is 1. The lowest BCUT2D eigenvalue weighted by Gasteiger charge is -2.13. The Morgan fingerprint density at radius 1 is 1.44 bits per heavy atom. The van der Waals surface area contributed by atoms with Crippen molar-refractivity contribution in [2.24, 2.45) is 0 Å². The predicted molar refractivity (Wildman–Crippen MR) is 59.1 cm³/mol. The summed E-state index contributed by atoms with van der Waals surface area (Å²) in [7, 11) is 3.04. The van der Waals surface area contributed by atoms with E-state index in [1.54, 1.807) is 18.3 Å². The first-order valence-electron chi connectivity index (χ1n) is 4.93. The smallest absolute Gasteiger partial charge is 0.253 e. The van der Waals surface area contributed by atoms with E-state index in [2.05, 4.69) is 10.3 Å². The molecule has 1 heterocycles. The number of carbonyl (C=O) groups is 1. The predicted octanol–water partition coefficient (Wildman–Crippen LogP) is 0.739. The summed E-state index contributed by atoms with van der Waals surface area (Å²) < 4.78 is 9.90. The molecule has 0 aromatic carbocycles. The van der Waals surface area contributed by atoms with Gasteiger partial charge in [-0.2, -0.15) is 0 Å². The van der Waals surface area contributed by atoms with Crippen LogP contribution in [-0.2, 0) is 9.47 Å². The van der Waals surface area contributed by atoms with E-state index in [0.29, 0.717) is 12.1 Å². The van der Waals surface area contributed by atoms with Gasteiger partial charge in [-0.1, -0.05) is 0 Å². The van der Waals surface area contributed by atoms with E-state index in [1.165, 1.54) is 14.2 Å². The number of hydrogen-bond donors (Lipinski definition) is 1. The van der Waals surface area contributed by atoms with Crippen LogP contribution in [0.25, 0.3) is 0 Å². The minimum Gasteiger partial charge on any atom is -0.354 e. The van der Waals surface area contributed by atoms with Crippen molar-refractivity contribution in [2.75, 3.05) is 20.8 Å². The number of pyridine rings is 1. The minimum absolute atomic E-state index is 0.188. The number of methoxy groups -OCH3 is 2. The maximum Gasteiger partial charge on any atom is 0.253 e. The lowest BCUT2D eigenvalue weighted by atomic mass is 10.2. The maximum absolute atomic E-state index is 11.6. The van der Waals surface area contributed by atoms with Crippen LogP contribution in [0.15, 0.2) is 18.3 Å². The van der Waals surface area contributed by atoms with E-state index in [0.717, 1.165) is 5.69 Å². The molecule has 88 valence electrons. The fraction of sp³-hybridized carbons (Fsp3) is 0.455. The zero-order valence-corrected chi connectivity index (χ0v) is 9.69. The van der Waals surface area contributed by atoms with Crippen LogP contribution in [0, 0.1) is 6.92 Å². The van der Waals surface area contributed by atoms with Crippen LogP contribution < -0.4 is 5.32 Å². The van der Waals surface area contributed by atoms with Crippen molar-refractivity contribution in [2.45, 2.75) is 13.2 Å². The van der Waals surface area contributed by atoms with Crippen molar-refractivity contribution in [1.29, 1.82) is 0 Å². The van der Waals surface area contributed by atoms with Gasteiger partial charge in [0, 0.05) is 26.1 Å². The molecule has 1 aromatic heterocycles. The largest absolute Gasteiger partial charge is 0.354 e. The van der Waals surface area contributed by atoms with Crippen molar-refractivity contribution in [1.82, 2.24) is 10.3 Å². The van der Waals surface area contributed by atoms with Crippen LogP contribution >= 0.6 is 0 Å². The third-order valence-corrected chi connectivity index (χ3v) is 2.13. The number of rotatable bonds is 5. The first-order chi connectivity index (χ1) is 7.67. The standard InChI is InChI=1S/C11H16N2O3/c1-8-4-5-9(6-12-8)11(14)13-7-10(15-2)16-3/h4-6,10H,7H2,1-3H3,(H,13,14). The lowest BCUT2D eigenvalue weighted by molar-refractivity contribution is -0.0974. The minimum atomic E-state index is -0.428. The summed E-state index contributed by atoms with van der Waals surface area (Å²) in [5, 5.41) is 2.69. The number of hydrogen-bond acceptors (Lipinski definition) is 4. The summed E-state index contributed by atoms with van der Waals surface area (Å²) in [6, 6.07) is 3.52. The highest BCUT2D eigenvalue weighted by Gasteiger charge is 2.09. The Balaban J connectivity index is 2.49. The molecule has 0 aliphatic carbocycles. The molecule has 0 radical (unpaired) electrons. The summed E-state index contributed by atoms with van der Waals surface area (Å²) in [6.07, 6.45) is 1.11. The SMILES string of the molecule is COC(CNC(=O)c1ccc(C)nc1)OC. The summed E-state index contributed by atoms with van der Waals surface area (Å²) in [6.45, 7) is 2.17. The van der Waals surface area contributed by atoms with Gasteiger partial charge in [0.2, 0.25) is 0 Å². The number of nitrogens with zero attached hydrogens (tertiary/aromatic N) is 1. The normalized spacial score (nSPS) is 10.5. The molecule has 1 amide bonds. The molecule has 0 atom stereocenters. The van der Waals surface area contributed by atoms with Crippen molar-refractivity contribution in [3.8, 4) is 0 Å². The van der Waals surface area contributed by atoms with Gasteiger partial charge in [-0.05, 0) is 19.1 Å². The molecule has 0 saturated carbocycles. The summed E-state index contributed by atoms with van der Waals surface area (Å²) in [4.78, 5) is 15.7. The van der Waals surface area contributed by atoms with Gasteiger partial charge in [-0.15, -0.1) is 0 Å². The van der Waals surface area contributed by atoms with E-state index >= 15 is 0 Å². The van der Waals surface area contributed by atoms with Gasteiger partial charge < -0.3 is 14.8 Å². The fourth-order valence-electron chi connectivity index (χ4n) is 1.14. The molecule has 0 spiro atoms. The maximum atomic E-state index is 11.6. The van der Waals surface area contributed by atoms with Crippen molar-refractivity contribution < 1.29 is 14.3 Å². The summed E-state index contributed by atoms with van der Waals surface area (Å²) in [5.74, 6) is -0.188. The molecule has 16 heavy (non-hydrogen) atoms. The number of aryl methyl sites for hydroxylation is 1. The number of carbonyl (C=O) groups excluding carboxylic acids is 1. The molecule has 1 aromatic rings. The van der Waals surface area contributed by atoms with Crippen molar-refractivity contribution >= 4 is 5.91 Å². The number of ether oxygens (including phenoxy) is 2. The average Bonchev–Trinajstić information content (AvgIpc) is 2.31. The van der Waals surface area contributed by atoms with Crippen LogP contribution in [0.2, 0.25) is 0 Å². The Morgan fingerprint density at radius 3 is 2.62 bits per heavy atom. The Kier molecular flexibility index (Phi) is 4.88. The Labute approximate surface area is 94.8 Å². The molecular weight excluding hydrogens is 208 g/mol. The summed E-state index contributed by atoms with van der Waals surface area (Å²) >= 11 is 0. The zero-order valence-electron chi connectivity index (χ0n) is 9.69. The second kappa shape index (κ2) is 6.19. The van der Waals surface area contributed by atoms with Gasteiger partial charge in [0.05, 0.1) is 12.1 Å². The Hall–Kier alpha value is -1.46. The van der Waals surface area contributed by atoms with Crippen LogP contribution in [0.3, 0.4) is 0 Å². The highest BCUT2D eigenvalue weighted by molar-refractivity contribution is 5.93. The third kappa shape index (κ3) is 3.60. The van der Waals surface area contributed by atoms with E-state index in [9.17, 15) is 4.79 Å². The molecular formula is C11H16N2O3. The van der Waals surface area contributed by atoms with Gasteiger partial charge in [0.25, 0.3) is 5.91 Å². The molecule has 5 heteroatoms. The van der Waals surface area contributed by atoms with E-state index in [1.807, 2.05) is 6.92 Å². The summed E-state index contributed by atoms with van der Waals surface area (Å²) in [5.41, 5.74) is 1.40. The van der Waals surface area contributed by atoms with E-state index in [-0.39, 0.29) is 5.91 Å². The van der Waals surface area contributed by atoms with Crippen LogP contribution in [0.1, 0.15) is 16.1 Å². The van der Waals surface area contributed by atoms with Gasteiger partial charge >= 0.3 is 0 Å². The first kappa shape index (κ1) is 12.6. The Bertz CT molecular complexity index is 334. The molecule has 5 nitrogen and oxygen atoms in total. The molecule has 0 bridgehead atoms. The van der Waals surface area contributed by atoms with E-state index < -0.39 is 6.29 Å². The average molecular weight is 224 g/mol. The zero-order chi connectivity index (χ0) is 12.0. The molecule has 0 fully saturated rings. The molecule has 1 rings (SSSR count). The first-order valence-corrected chi connectivity index (χ1v) is 4.93. The molecule has 0 saturated heterocycles. The second-order valence-electron chi connectivity index (χ2n) is 3.30. The fourth-order valence-corrected chi connectivity index (χ4v) is 1.14. The molecule has 0 unspecified atom stereocenters. The second-order valence-corrected chi connectivity index (χ2v) is 3.30. The van der Waals surface area contributed by atoms with Crippen molar-refractivity contribution in [3.05, 3.63) is 29.6 Å². The van der Waals surface area contributed by atoms with E-state index in [4.69, 9.17) is 9.47 Å². The molecule has 1 N–H and O–H groups in total. The van der Waals surface area contributed by atoms with Crippen LogP contribution in [-0.4, -0.2) is 37.9 Å². The highest BCUT2D eigenvalue weighted by atomic mass is 16.7. The van der Waals surface area contributed by atoms with Crippen molar-refractivity contribution in [3.63, 3.8) is 0 Å². The van der Waals surface area contributed by atoms with Gasteiger partial charge in [0.1, 0.15) is 0 Å². The monoisotopic (exact) mass is 224 g/mol. The number of nitrogens with one attached hydrogen (secondary N) is 1. The quantitative estimate of drug-likeness (QED) is 0.749. The molecule has 0 aliphatic rings. The van der Waals surface area contributed by atoms with Crippen LogP contribution in [0.5, 0.6) is 0 Å². The lowest BCUT2D eigenvalue weighted by Crippen LogP contribution is -2.34. The van der Waals surface area contributed by atoms with Gasteiger partial charge in [0.15, 0.2) is 6.29 Å². The third-order valence-electron chi connectivity index (χ3n) is 2.13. The van der Waals surface area contributed by atoms with Crippen LogP contribution in [0.4, 0.5) is 0 Å². The number of amides is 1.